The number of likely N-dealkylation sites (tertiary alicyclic amines) is 1. The van der Waals surface area contributed by atoms with E-state index in [0.717, 1.165) is 24.7 Å². The molecule has 1 fully saturated rings. The Morgan fingerprint density at radius 3 is 2.62 bits per heavy atom. The summed E-state index contributed by atoms with van der Waals surface area (Å²) >= 11 is 0. The zero-order chi connectivity index (χ0) is 14.7. The number of pyridine rings is 1. The van der Waals surface area contributed by atoms with Crippen LogP contribution in [0, 0.1) is 19.8 Å². The first kappa shape index (κ1) is 14.3. The highest BCUT2D eigenvalue weighted by molar-refractivity contribution is 5.06. The van der Waals surface area contributed by atoms with Gasteiger partial charge in [-0.1, -0.05) is 6.07 Å². The fourth-order valence-electron chi connectivity index (χ4n) is 3.15. The number of piperidine rings is 1. The Hall–Kier alpha value is -1.68. The van der Waals surface area contributed by atoms with Crippen LogP contribution in [0.2, 0.25) is 0 Å². The van der Waals surface area contributed by atoms with Crippen molar-refractivity contribution in [1.29, 1.82) is 0 Å². The van der Waals surface area contributed by atoms with Gasteiger partial charge in [0.2, 0.25) is 0 Å². The molecule has 0 saturated carbocycles. The molecule has 4 nitrogen and oxygen atoms in total. The van der Waals surface area contributed by atoms with Gasteiger partial charge >= 0.3 is 0 Å². The highest BCUT2D eigenvalue weighted by Gasteiger charge is 2.20. The molecule has 0 atom stereocenters. The monoisotopic (exact) mass is 284 g/mol. The van der Waals surface area contributed by atoms with Crippen molar-refractivity contribution < 1.29 is 0 Å². The van der Waals surface area contributed by atoms with Crippen LogP contribution in [-0.2, 0) is 13.1 Å². The molecule has 0 amide bonds. The highest BCUT2D eigenvalue weighted by Crippen LogP contribution is 2.21. The number of aromatic nitrogens is 3. The van der Waals surface area contributed by atoms with Crippen molar-refractivity contribution in [3.63, 3.8) is 0 Å². The summed E-state index contributed by atoms with van der Waals surface area (Å²) in [5.41, 5.74) is 3.58. The molecular formula is C17H24N4. The maximum Gasteiger partial charge on any atom is 0.0596 e. The molecule has 0 aliphatic carbocycles. The molecule has 1 saturated heterocycles. The van der Waals surface area contributed by atoms with Gasteiger partial charge < -0.3 is 0 Å². The highest BCUT2D eigenvalue weighted by atomic mass is 15.3. The van der Waals surface area contributed by atoms with Crippen LogP contribution in [0.15, 0.2) is 30.5 Å². The van der Waals surface area contributed by atoms with Crippen LogP contribution >= 0.6 is 0 Å². The van der Waals surface area contributed by atoms with E-state index in [9.17, 15) is 0 Å². The van der Waals surface area contributed by atoms with Crippen molar-refractivity contribution >= 4 is 0 Å². The molecule has 1 aliphatic heterocycles. The lowest BCUT2D eigenvalue weighted by Crippen LogP contribution is -2.35. The summed E-state index contributed by atoms with van der Waals surface area (Å²) in [6.07, 6.45) is 4.39. The van der Waals surface area contributed by atoms with Gasteiger partial charge in [0.25, 0.3) is 0 Å². The van der Waals surface area contributed by atoms with Crippen molar-refractivity contribution in [2.45, 2.75) is 39.8 Å². The molecular weight excluding hydrogens is 260 g/mol. The molecule has 0 bridgehead atoms. The Balaban J connectivity index is 1.50. The molecule has 3 heterocycles. The third-order valence-electron chi connectivity index (χ3n) is 4.35. The van der Waals surface area contributed by atoms with E-state index in [1.165, 1.54) is 37.3 Å². The second-order valence-corrected chi connectivity index (χ2v) is 6.15. The van der Waals surface area contributed by atoms with Crippen molar-refractivity contribution in [2.75, 3.05) is 13.1 Å². The zero-order valence-electron chi connectivity index (χ0n) is 13.0. The SMILES string of the molecule is Cc1cc(C)n(CC2CCN(Cc3ccccn3)CC2)n1. The van der Waals surface area contributed by atoms with Gasteiger partial charge in [0.15, 0.2) is 0 Å². The fraction of sp³-hybridized carbons (Fsp3) is 0.529. The second-order valence-electron chi connectivity index (χ2n) is 6.15. The van der Waals surface area contributed by atoms with Crippen LogP contribution in [0.4, 0.5) is 0 Å². The number of nitrogens with zero attached hydrogens (tertiary/aromatic N) is 4. The predicted octanol–water partition coefficient (Wildman–Crippen LogP) is 2.81. The van der Waals surface area contributed by atoms with Crippen LogP contribution in [0.25, 0.3) is 0 Å². The molecule has 0 spiro atoms. The molecule has 0 N–H and O–H groups in total. The minimum absolute atomic E-state index is 0.753. The van der Waals surface area contributed by atoms with Gasteiger partial charge in [0.05, 0.1) is 11.4 Å². The van der Waals surface area contributed by atoms with Gasteiger partial charge in [-0.3, -0.25) is 14.6 Å². The largest absolute Gasteiger partial charge is 0.297 e. The first-order valence-corrected chi connectivity index (χ1v) is 7.84. The molecule has 0 aromatic carbocycles. The van der Waals surface area contributed by atoms with E-state index in [2.05, 4.69) is 51.7 Å². The van der Waals surface area contributed by atoms with Gasteiger partial charge in [-0.05, 0) is 63.9 Å². The summed E-state index contributed by atoms with van der Waals surface area (Å²) in [5, 5.41) is 4.58. The minimum Gasteiger partial charge on any atom is -0.297 e. The Labute approximate surface area is 126 Å². The lowest BCUT2D eigenvalue weighted by atomic mass is 9.96. The lowest BCUT2D eigenvalue weighted by molar-refractivity contribution is 0.162. The molecule has 0 unspecified atom stereocenters. The van der Waals surface area contributed by atoms with E-state index in [-0.39, 0.29) is 0 Å². The molecule has 0 radical (unpaired) electrons. The number of aryl methyl sites for hydroxylation is 2. The van der Waals surface area contributed by atoms with Crippen molar-refractivity contribution in [2.24, 2.45) is 5.92 Å². The molecule has 2 aromatic heterocycles. The summed E-state index contributed by atoms with van der Waals surface area (Å²) in [5.74, 6) is 0.753. The quantitative estimate of drug-likeness (QED) is 0.866. The zero-order valence-corrected chi connectivity index (χ0v) is 13.0. The Bertz CT molecular complexity index is 568. The van der Waals surface area contributed by atoms with Crippen LogP contribution in [0.1, 0.15) is 29.9 Å². The minimum atomic E-state index is 0.753. The summed E-state index contributed by atoms with van der Waals surface area (Å²) in [4.78, 5) is 6.93. The molecule has 1 aliphatic rings. The first-order chi connectivity index (χ1) is 10.2. The van der Waals surface area contributed by atoms with E-state index in [4.69, 9.17) is 0 Å². The molecule has 21 heavy (non-hydrogen) atoms. The maximum atomic E-state index is 4.58. The van der Waals surface area contributed by atoms with Crippen molar-refractivity contribution in [3.8, 4) is 0 Å². The summed E-state index contributed by atoms with van der Waals surface area (Å²) in [6.45, 7) is 8.60. The molecule has 4 heteroatoms. The molecule has 3 rings (SSSR count). The first-order valence-electron chi connectivity index (χ1n) is 7.84. The lowest BCUT2D eigenvalue weighted by Gasteiger charge is -2.31. The Morgan fingerprint density at radius 1 is 1.19 bits per heavy atom. The third kappa shape index (κ3) is 3.70. The predicted molar refractivity (Wildman–Crippen MR) is 83.9 cm³/mol. The van der Waals surface area contributed by atoms with E-state index < -0.39 is 0 Å². The van der Waals surface area contributed by atoms with Crippen LogP contribution in [0.3, 0.4) is 0 Å². The topological polar surface area (TPSA) is 34.0 Å². The maximum absolute atomic E-state index is 4.58. The smallest absolute Gasteiger partial charge is 0.0596 e. The van der Waals surface area contributed by atoms with Gasteiger partial charge in [0.1, 0.15) is 0 Å². The molecule has 112 valence electrons. The summed E-state index contributed by atoms with van der Waals surface area (Å²) < 4.78 is 2.18. The standard InChI is InChI=1S/C17H24N4/c1-14-11-15(2)21(19-14)12-16-6-9-20(10-7-16)13-17-5-3-4-8-18-17/h3-5,8,11,16H,6-7,9-10,12-13H2,1-2H3. The number of hydrogen-bond acceptors (Lipinski definition) is 3. The van der Waals surface area contributed by atoms with Crippen LogP contribution < -0.4 is 0 Å². The average Bonchev–Trinajstić information content (AvgIpc) is 2.80. The normalized spacial score (nSPS) is 17.2. The number of rotatable bonds is 4. The van der Waals surface area contributed by atoms with E-state index in [1.54, 1.807) is 0 Å². The van der Waals surface area contributed by atoms with Crippen LogP contribution in [-0.4, -0.2) is 32.8 Å². The van der Waals surface area contributed by atoms with E-state index in [1.807, 2.05) is 12.3 Å². The fourth-order valence-corrected chi connectivity index (χ4v) is 3.15. The van der Waals surface area contributed by atoms with E-state index >= 15 is 0 Å². The summed E-state index contributed by atoms with van der Waals surface area (Å²) in [6, 6.07) is 8.32. The average molecular weight is 284 g/mol. The third-order valence-corrected chi connectivity index (χ3v) is 4.35. The second kappa shape index (κ2) is 6.39. The van der Waals surface area contributed by atoms with Gasteiger partial charge in [-0.15, -0.1) is 0 Å². The Kier molecular flexibility index (Phi) is 4.34. The number of hydrogen-bond donors (Lipinski definition) is 0. The van der Waals surface area contributed by atoms with E-state index in [0.29, 0.717) is 0 Å². The van der Waals surface area contributed by atoms with Gasteiger partial charge in [-0.2, -0.15) is 5.10 Å². The Morgan fingerprint density at radius 2 is 2.00 bits per heavy atom. The molecule has 2 aromatic rings. The van der Waals surface area contributed by atoms with Gasteiger partial charge in [0, 0.05) is 25.0 Å². The van der Waals surface area contributed by atoms with Crippen LogP contribution in [0.5, 0.6) is 0 Å². The van der Waals surface area contributed by atoms with Crippen molar-refractivity contribution in [1.82, 2.24) is 19.7 Å². The van der Waals surface area contributed by atoms with Crippen molar-refractivity contribution in [3.05, 3.63) is 47.5 Å². The summed E-state index contributed by atoms with van der Waals surface area (Å²) in [7, 11) is 0. The van der Waals surface area contributed by atoms with Gasteiger partial charge in [-0.25, -0.2) is 0 Å².